The number of anilines is 1. The molecule has 1 aromatic carbocycles. The van der Waals surface area contributed by atoms with Gasteiger partial charge in [-0.1, -0.05) is 31.4 Å². The highest BCUT2D eigenvalue weighted by molar-refractivity contribution is 8.01. The summed E-state index contributed by atoms with van der Waals surface area (Å²) in [5.74, 6) is -1.65. The fraction of sp³-hybridized carbons (Fsp3) is 0.500. The molecule has 4 amide bonds. The van der Waals surface area contributed by atoms with Crippen LogP contribution in [0.5, 0.6) is 0 Å². The van der Waals surface area contributed by atoms with Gasteiger partial charge in [-0.2, -0.15) is 0 Å². The lowest BCUT2D eigenvalue weighted by Crippen LogP contribution is -2.48. The summed E-state index contributed by atoms with van der Waals surface area (Å²) in [4.78, 5) is 49.3. The Morgan fingerprint density at radius 2 is 1.93 bits per heavy atom. The van der Waals surface area contributed by atoms with Crippen LogP contribution >= 0.6 is 11.8 Å². The number of amides is 4. The van der Waals surface area contributed by atoms with Gasteiger partial charge >= 0.3 is 12.0 Å². The van der Waals surface area contributed by atoms with Gasteiger partial charge in [0.1, 0.15) is 0 Å². The SMILES string of the molecule is C[C@@H](OC(=O)C[C@@H]1Sc2ccccc2NC1=O)C(=O)NC(=O)NC1CCCCC1. The molecule has 1 fully saturated rings. The molecule has 0 aromatic heterocycles. The minimum atomic E-state index is -1.14. The zero-order valence-corrected chi connectivity index (χ0v) is 17.1. The lowest BCUT2D eigenvalue weighted by Gasteiger charge is -2.24. The van der Waals surface area contributed by atoms with Crippen molar-refractivity contribution in [1.29, 1.82) is 0 Å². The quantitative estimate of drug-likeness (QED) is 0.632. The van der Waals surface area contributed by atoms with Gasteiger partial charge in [0.2, 0.25) is 5.91 Å². The standard InChI is InChI=1S/C20H25N3O5S/c1-12(18(25)23-20(27)21-13-7-3-2-4-8-13)28-17(24)11-16-19(26)22-14-9-5-6-10-15(14)29-16/h5-6,9-10,12-13,16H,2-4,7-8,11H2,1H3,(H,22,26)(H2,21,23,25,27)/t12-,16+/m1/s1. The monoisotopic (exact) mass is 419 g/mol. The summed E-state index contributed by atoms with van der Waals surface area (Å²) in [6, 6.07) is 6.81. The van der Waals surface area contributed by atoms with E-state index in [0.717, 1.165) is 37.0 Å². The van der Waals surface area contributed by atoms with Crippen molar-refractivity contribution in [3.63, 3.8) is 0 Å². The number of carbonyl (C=O) groups is 4. The summed E-state index contributed by atoms with van der Waals surface area (Å²) in [6.07, 6.45) is 3.77. The van der Waals surface area contributed by atoms with E-state index in [-0.39, 0.29) is 18.4 Å². The second kappa shape index (κ2) is 9.78. The highest BCUT2D eigenvalue weighted by Gasteiger charge is 2.31. The Labute approximate surface area is 173 Å². The molecule has 0 saturated heterocycles. The largest absolute Gasteiger partial charge is 0.452 e. The maximum Gasteiger partial charge on any atom is 0.321 e. The normalized spacial score (nSPS) is 20.0. The first kappa shape index (κ1) is 21.2. The Balaban J connectivity index is 1.44. The van der Waals surface area contributed by atoms with Gasteiger partial charge in [0.15, 0.2) is 6.10 Å². The summed E-state index contributed by atoms with van der Waals surface area (Å²) in [5.41, 5.74) is 0.712. The van der Waals surface area contributed by atoms with Crippen LogP contribution in [0.2, 0.25) is 0 Å². The second-order valence-corrected chi connectivity index (χ2v) is 8.47. The predicted octanol–water partition coefficient (Wildman–Crippen LogP) is 2.58. The summed E-state index contributed by atoms with van der Waals surface area (Å²) in [6.45, 7) is 1.39. The second-order valence-electron chi connectivity index (χ2n) is 7.23. The maximum absolute atomic E-state index is 12.2. The molecule has 3 N–H and O–H groups in total. The van der Waals surface area contributed by atoms with Crippen molar-refractivity contribution >= 4 is 41.3 Å². The molecule has 2 aliphatic rings. The molecular formula is C20H25N3O5S. The minimum absolute atomic E-state index is 0.0686. The molecule has 1 aliphatic heterocycles. The van der Waals surface area contributed by atoms with E-state index >= 15 is 0 Å². The summed E-state index contributed by atoms with van der Waals surface area (Å²) >= 11 is 1.28. The first-order chi connectivity index (χ1) is 13.9. The number of esters is 1. The molecule has 0 bridgehead atoms. The number of rotatable bonds is 5. The van der Waals surface area contributed by atoms with Gasteiger partial charge in [-0.05, 0) is 31.9 Å². The molecule has 156 valence electrons. The van der Waals surface area contributed by atoms with Crippen LogP contribution in [-0.4, -0.2) is 41.2 Å². The van der Waals surface area contributed by atoms with Gasteiger partial charge in [-0.15, -0.1) is 11.8 Å². The number of hydrogen-bond donors (Lipinski definition) is 3. The minimum Gasteiger partial charge on any atom is -0.452 e. The number of benzene rings is 1. The lowest BCUT2D eigenvalue weighted by atomic mass is 9.96. The van der Waals surface area contributed by atoms with Gasteiger partial charge < -0.3 is 15.4 Å². The van der Waals surface area contributed by atoms with Crippen LogP contribution in [0.4, 0.5) is 10.5 Å². The summed E-state index contributed by atoms with van der Waals surface area (Å²) < 4.78 is 5.12. The van der Waals surface area contributed by atoms with Crippen molar-refractivity contribution in [3.8, 4) is 0 Å². The van der Waals surface area contributed by atoms with Crippen LogP contribution in [0.25, 0.3) is 0 Å². The zero-order valence-electron chi connectivity index (χ0n) is 16.2. The first-order valence-electron chi connectivity index (χ1n) is 9.80. The van der Waals surface area contributed by atoms with Crippen LogP contribution in [-0.2, 0) is 19.1 Å². The van der Waals surface area contributed by atoms with Crippen LogP contribution in [0, 0.1) is 0 Å². The number of nitrogens with one attached hydrogen (secondary N) is 3. The molecule has 29 heavy (non-hydrogen) atoms. The number of thioether (sulfide) groups is 1. The van der Waals surface area contributed by atoms with Crippen LogP contribution in [0.3, 0.4) is 0 Å². The van der Waals surface area contributed by atoms with Crippen LogP contribution < -0.4 is 16.0 Å². The molecule has 2 atom stereocenters. The third-order valence-corrected chi connectivity index (χ3v) is 6.19. The van der Waals surface area contributed by atoms with Gasteiger partial charge in [0, 0.05) is 10.9 Å². The maximum atomic E-state index is 12.2. The molecule has 8 nitrogen and oxygen atoms in total. The fourth-order valence-electron chi connectivity index (χ4n) is 3.36. The van der Waals surface area contributed by atoms with E-state index in [1.807, 2.05) is 18.2 Å². The molecule has 1 aromatic rings. The molecule has 1 saturated carbocycles. The van der Waals surface area contributed by atoms with Crippen molar-refractivity contribution in [2.75, 3.05) is 5.32 Å². The Hall–Kier alpha value is -2.55. The van der Waals surface area contributed by atoms with E-state index in [2.05, 4.69) is 16.0 Å². The van der Waals surface area contributed by atoms with Crippen molar-refractivity contribution in [3.05, 3.63) is 24.3 Å². The number of hydrogen-bond acceptors (Lipinski definition) is 6. The van der Waals surface area contributed by atoms with Crippen LogP contribution in [0.1, 0.15) is 45.4 Å². The highest BCUT2D eigenvalue weighted by atomic mass is 32.2. The number of imide groups is 1. The van der Waals surface area contributed by atoms with E-state index in [1.165, 1.54) is 18.7 Å². The number of urea groups is 1. The molecule has 9 heteroatoms. The summed E-state index contributed by atoms with van der Waals surface area (Å²) in [7, 11) is 0. The van der Waals surface area contributed by atoms with E-state index in [9.17, 15) is 19.2 Å². The average Bonchev–Trinajstić information content (AvgIpc) is 2.69. The third kappa shape index (κ3) is 5.96. The molecule has 1 heterocycles. The van der Waals surface area contributed by atoms with Crippen LogP contribution in [0.15, 0.2) is 29.2 Å². The topological polar surface area (TPSA) is 114 Å². The van der Waals surface area contributed by atoms with Gasteiger partial charge in [0.05, 0.1) is 17.4 Å². The fourth-order valence-corrected chi connectivity index (χ4v) is 4.45. The predicted molar refractivity (Wildman–Crippen MR) is 108 cm³/mol. The van der Waals surface area contributed by atoms with E-state index in [1.54, 1.807) is 6.07 Å². The lowest BCUT2D eigenvalue weighted by molar-refractivity contribution is -0.154. The number of ether oxygens (including phenoxy) is 1. The number of carbonyl (C=O) groups excluding carboxylic acids is 4. The Morgan fingerprint density at radius 1 is 1.21 bits per heavy atom. The van der Waals surface area contributed by atoms with Gasteiger partial charge in [-0.25, -0.2) is 4.79 Å². The Bertz CT molecular complexity index is 794. The van der Waals surface area contributed by atoms with Crippen molar-refractivity contribution in [2.24, 2.45) is 0 Å². The molecule has 0 spiro atoms. The molecule has 1 aliphatic carbocycles. The first-order valence-corrected chi connectivity index (χ1v) is 10.7. The van der Waals surface area contributed by atoms with Gasteiger partial charge in [-0.3, -0.25) is 19.7 Å². The number of fused-ring (bicyclic) bond motifs is 1. The van der Waals surface area contributed by atoms with Crippen molar-refractivity contribution < 1.29 is 23.9 Å². The zero-order chi connectivity index (χ0) is 20.8. The van der Waals surface area contributed by atoms with E-state index in [0.29, 0.717) is 5.69 Å². The van der Waals surface area contributed by atoms with Gasteiger partial charge in [0.25, 0.3) is 5.91 Å². The van der Waals surface area contributed by atoms with Crippen molar-refractivity contribution in [2.45, 2.75) is 67.7 Å². The Kier molecular flexibility index (Phi) is 7.13. The summed E-state index contributed by atoms with van der Waals surface area (Å²) in [5, 5.41) is 7.10. The molecular weight excluding hydrogens is 394 g/mol. The molecule has 0 unspecified atom stereocenters. The Morgan fingerprint density at radius 3 is 2.69 bits per heavy atom. The number of para-hydroxylation sites is 1. The van der Waals surface area contributed by atoms with E-state index < -0.39 is 29.3 Å². The molecule has 0 radical (unpaired) electrons. The molecule has 3 rings (SSSR count). The highest BCUT2D eigenvalue weighted by Crippen LogP contribution is 2.36. The average molecular weight is 420 g/mol. The smallest absolute Gasteiger partial charge is 0.321 e. The van der Waals surface area contributed by atoms with Crippen molar-refractivity contribution in [1.82, 2.24) is 10.6 Å². The third-order valence-electron chi connectivity index (χ3n) is 4.91. The van der Waals surface area contributed by atoms with E-state index in [4.69, 9.17) is 4.74 Å².